The van der Waals surface area contributed by atoms with E-state index < -0.39 is 6.36 Å². The van der Waals surface area contributed by atoms with E-state index in [-0.39, 0.29) is 16.7 Å². The minimum absolute atomic E-state index is 0. The van der Waals surface area contributed by atoms with Gasteiger partial charge in [0.05, 0.1) is 0 Å². The van der Waals surface area contributed by atoms with E-state index in [1.54, 1.807) is 0 Å². The quantitative estimate of drug-likeness (QED) is 0.670. The number of rotatable bonds is 1. The summed E-state index contributed by atoms with van der Waals surface area (Å²) in [4.78, 5) is 0. The molecule has 3 nitrogen and oxygen atoms in total. The summed E-state index contributed by atoms with van der Waals surface area (Å²) in [5.41, 5.74) is 0.768. The van der Waals surface area contributed by atoms with E-state index >= 15 is 0 Å². The molecule has 0 aliphatic rings. The van der Waals surface area contributed by atoms with E-state index in [4.69, 9.17) is 7.85 Å². The third-order valence-electron chi connectivity index (χ3n) is 1.42. The van der Waals surface area contributed by atoms with Crippen molar-refractivity contribution >= 4 is 13.3 Å². The molecule has 15 heavy (non-hydrogen) atoms. The summed E-state index contributed by atoms with van der Waals surface area (Å²) in [6, 6.07) is 3.97. The normalized spacial score (nSPS) is 10.0. The molecule has 1 aromatic carbocycles. The van der Waals surface area contributed by atoms with Gasteiger partial charge < -0.3 is 11.0 Å². The van der Waals surface area contributed by atoms with Crippen molar-refractivity contribution in [3.05, 3.63) is 23.8 Å². The van der Waals surface area contributed by atoms with Crippen LogP contribution >= 0.6 is 0 Å². The zero-order valence-corrected chi connectivity index (χ0v) is 7.75. The molecule has 0 amide bonds. The van der Waals surface area contributed by atoms with Gasteiger partial charge in [0, 0.05) is 0 Å². The molecule has 0 unspecified atom stereocenters. The zero-order valence-electron chi connectivity index (χ0n) is 7.75. The molecule has 0 saturated heterocycles. The fourth-order valence-electron chi connectivity index (χ4n) is 0.912. The Kier molecular flexibility index (Phi) is 6.08. The van der Waals surface area contributed by atoms with Crippen LogP contribution in [0.5, 0.6) is 5.75 Å². The third-order valence-corrected chi connectivity index (χ3v) is 1.42. The van der Waals surface area contributed by atoms with Crippen molar-refractivity contribution in [2.75, 3.05) is 0 Å². The number of hydrogen-bond donors (Lipinski definition) is 0. The van der Waals surface area contributed by atoms with Crippen molar-refractivity contribution in [3.8, 4) is 5.75 Å². The van der Waals surface area contributed by atoms with E-state index in [9.17, 15) is 13.2 Å². The maximum Gasteiger partial charge on any atom is -0.870 e. The smallest absolute Gasteiger partial charge is 0.870 e. The van der Waals surface area contributed by atoms with Crippen LogP contribution in [0.3, 0.4) is 0 Å². The largest absolute Gasteiger partial charge is 0.870 e. The van der Waals surface area contributed by atoms with Crippen LogP contribution in [0.25, 0.3) is 0 Å². The molecule has 0 saturated carbocycles. The Morgan fingerprint density at radius 2 is 1.73 bits per heavy atom. The Bertz CT molecular complexity index is 314. The molecule has 1 aromatic rings. The average molecular weight is 220 g/mol. The molecular weight excluding hydrogens is 212 g/mol. The van der Waals surface area contributed by atoms with E-state index in [0.29, 0.717) is 11.0 Å². The molecule has 0 fully saturated rings. The van der Waals surface area contributed by atoms with Gasteiger partial charge >= 0.3 is 74.0 Å². The predicted octanol–water partition coefficient (Wildman–Crippen LogP) is 1.33. The van der Waals surface area contributed by atoms with Crippen LogP contribution in [-0.4, -0.2) is 25.2 Å². The van der Waals surface area contributed by atoms with Crippen LogP contribution < -0.4 is 10.2 Å². The first kappa shape index (κ1) is 16.2. The summed E-state index contributed by atoms with van der Waals surface area (Å²) < 4.78 is 39.0. The third kappa shape index (κ3) is 5.29. The van der Waals surface area contributed by atoms with Crippen molar-refractivity contribution in [1.82, 2.24) is 0 Å². The van der Waals surface area contributed by atoms with Crippen molar-refractivity contribution in [2.24, 2.45) is 0 Å². The first-order valence-electron chi connectivity index (χ1n) is 3.50. The van der Waals surface area contributed by atoms with Crippen LogP contribution in [0, 0.1) is 6.92 Å². The number of aryl methyl sites for hydroxylation is 1. The van der Waals surface area contributed by atoms with Gasteiger partial charge in [-0.2, -0.15) is 0 Å². The van der Waals surface area contributed by atoms with Crippen LogP contribution in [-0.2, 0) is 0 Å². The van der Waals surface area contributed by atoms with Crippen molar-refractivity contribution in [3.63, 3.8) is 0 Å². The van der Waals surface area contributed by atoms with Gasteiger partial charge in [-0.15, -0.1) is 0 Å². The summed E-state index contributed by atoms with van der Waals surface area (Å²) in [5, 5.41) is 0. The van der Waals surface area contributed by atoms with Crippen molar-refractivity contribution in [2.45, 2.75) is 13.3 Å². The Morgan fingerprint density at radius 1 is 1.20 bits per heavy atom. The topological polar surface area (TPSA) is 69.2 Å². The monoisotopic (exact) mass is 220 g/mol. The van der Waals surface area contributed by atoms with Crippen LogP contribution in [0.15, 0.2) is 18.2 Å². The van der Waals surface area contributed by atoms with Gasteiger partial charge in [0.2, 0.25) is 0 Å². The molecule has 0 heterocycles. The van der Waals surface area contributed by atoms with Crippen LogP contribution in [0.2, 0.25) is 0 Å². The molecule has 1 rings (SSSR count). The van der Waals surface area contributed by atoms with Crippen LogP contribution in [0.4, 0.5) is 13.2 Å². The maximum absolute atomic E-state index is 11.8. The van der Waals surface area contributed by atoms with Crippen molar-refractivity contribution < 1.29 is 28.9 Å². The van der Waals surface area contributed by atoms with E-state index in [2.05, 4.69) is 4.74 Å². The Labute approximate surface area is 85.9 Å². The average Bonchev–Trinajstić information content (AvgIpc) is 1.93. The first-order valence-corrected chi connectivity index (χ1v) is 3.50. The molecule has 0 aromatic heterocycles. The van der Waals surface area contributed by atoms with E-state index in [1.807, 2.05) is 0 Å². The Morgan fingerprint density at radius 3 is 2.13 bits per heavy atom. The molecule has 7 heteroatoms. The Hall–Kier alpha value is -1.21. The molecular formula is C8H8BF3O3. The summed E-state index contributed by atoms with van der Waals surface area (Å²) in [6.45, 7) is 1.50. The molecule has 0 atom stereocenters. The van der Waals surface area contributed by atoms with Gasteiger partial charge in [-0.05, 0) is 0 Å². The Balaban J connectivity index is 0. The van der Waals surface area contributed by atoms with Gasteiger partial charge in [-0.25, -0.2) is 0 Å². The van der Waals surface area contributed by atoms with Crippen LogP contribution in [0.1, 0.15) is 5.56 Å². The minimum atomic E-state index is -4.65. The molecule has 0 bridgehead atoms. The standard InChI is InChI=1S/C8H6BF3O.2H2O/c1-5-4-6(9)2-3-7(5)13-8(10,11)12;;/h2-4H,1H3;2*1H2/q+2;;/p-2. The first-order chi connectivity index (χ1) is 5.88. The summed E-state index contributed by atoms with van der Waals surface area (Å²) >= 11 is 0. The molecule has 0 aliphatic carbocycles. The van der Waals surface area contributed by atoms with Gasteiger partial charge in [0.1, 0.15) is 0 Å². The van der Waals surface area contributed by atoms with E-state index in [1.165, 1.54) is 25.1 Å². The fourth-order valence-corrected chi connectivity index (χ4v) is 0.912. The van der Waals surface area contributed by atoms with Gasteiger partial charge in [0.15, 0.2) is 0 Å². The van der Waals surface area contributed by atoms with Crippen molar-refractivity contribution in [1.29, 1.82) is 0 Å². The molecule has 82 valence electrons. The van der Waals surface area contributed by atoms with Gasteiger partial charge in [-0.3, -0.25) is 0 Å². The molecule has 0 aliphatic heterocycles. The van der Waals surface area contributed by atoms with Gasteiger partial charge in [0.25, 0.3) is 0 Å². The van der Waals surface area contributed by atoms with Gasteiger partial charge in [-0.1, -0.05) is 0 Å². The number of benzene rings is 1. The molecule has 2 N–H and O–H groups in total. The second-order valence-corrected chi connectivity index (χ2v) is 2.57. The summed E-state index contributed by atoms with van der Waals surface area (Å²) in [5.74, 6) is -0.221. The number of alkyl halides is 3. The number of halogens is 3. The minimum Gasteiger partial charge on any atom is -0.870 e. The van der Waals surface area contributed by atoms with E-state index in [0.717, 1.165) is 0 Å². The second kappa shape index (κ2) is 5.62. The maximum atomic E-state index is 11.8. The SMILES string of the molecule is [B+2]c1ccc(OC(F)(F)F)c(C)c1.[OH-].[OH-]. The molecule has 0 radical (unpaired) electrons. The fraction of sp³-hybridized carbons (Fsp3) is 0.250. The second-order valence-electron chi connectivity index (χ2n) is 2.57. The summed E-state index contributed by atoms with van der Waals surface area (Å²) in [7, 11) is 5.35. The number of hydrogen-bond acceptors (Lipinski definition) is 3. The summed E-state index contributed by atoms with van der Waals surface area (Å²) in [6.07, 6.45) is -4.65. The number of ether oxygens (including phenoxy) is 1. The molecule has 0 spiro atoms. The zero-order chi connectivity index (χ0) is 10.1. The predicted molar refractivity (Wildman–Crippen MR) is 47.1 cm³/mol.